The van der Waals surface area contributed by atoms with Crippen LogP contribution in [0.4, 0.5) is 0 Å². The SMILES string of the molecule is CC1(C)c2ccccc2-c2cccc(-c3ccc(-c4cc(-c5cc(-c6ccccc6)cc(-c6ccc7oc8ccccc8c7c6)c5)nc(-c5ccccc5)n4)cc3)c21. The van der Waals surface area contributed by atoms with E-state index in [1.165, 1.54) is 33.4 Å². The van der Waals surface area contributed by atoms with Crippen molar-refractivity contribution < 1.29 is 4.42 Å². The van der Waals surface area contributed by atoms with Gasteiger partial charge in [-0.3, -0.25) is 0 Å². The second-order valence-corrected chi connectivity index (χ2v) is 15.8. The van der Waals surface area contributed by atoms with Crippen molar-refractivity contribution in [1.82, 2.24) is 9.97 Å². The van der Waals surface area contributed by atoms with E-state index in [4.69, 9.17) is 14.4 Å². The Labute approximate surface area is 338 Å². The normalized spacial score (nSPS) is 12.8. The summed E-state index contributed by atoms with van der Waals surface area (Å²) in [4.78, 5) is 10.5. The van der Waals surface area contributed by atoms with Gasteiger partial charge in [-0.25, -0.2) is 9.97 Å². The molecule has 0 N–H and O–H groups in total. The Morgan fingerprint density at radius 1 is 0.362 bits per heavy atom. The molecule has 0 atom stereocenters. The Kier molecular flexibility index (Phi) is 7.84. The van der Waals surface area contributed by atoms with Gasteiger partial charge in [-0.2, -0.15) is 0 Å². The lowest BCUT2D eigenvalue weighted by Gasteiger charge is -2.24. The molecular weight excluding hydrogens is 705 g/mol. The van der Waals surface area contributed by atoms with Crippen molar-refractivity contribution in [1.29, 1.82) is 0 Å². The molecule has 0 fully saturated rings. The second kappa shape index (κ2) is 13.4. The van der Waals surface area contributed by atoms with Gasteiger partial charge in [0.25, 0.3) is 0 Å². The third-order valence-electron chi connectivity index (χ3n) is 11.9. The number of nitrogens with zero attached hydrogens (tertiary/aromatic N) is 2. The fraction of sp³-hybridized carbons (Fsp3) is 0.0545. The highest BCUT2D eigenvalue weighted by molar-refractivity contribution is 6.06. The molecule has 0 aliphatic heterocycles. The first-order valence-corrected chi connectivity index (χ1v) is 19.9. The maximum atomic E-state index is 6.20. The summed E-state index contributed by atoms with van der Waals surface area (Å²) in [6, 6.07) is 69.0. The van der Waals surface area contributed by atoms with Crippen LogP contribution in [0, 0.1) is 0 Å². The van der Waals surface area contributed by atoms with Crippen molar-refractivity contribution in [3.63, 3.8) is 0 Å². The van der Waals surface area contributed by atoms with Gasteiger partial charge < -0.3 is 4.42 Å². The topological polar surface area (TPSA) is 38.9 Å². The van der Waals surface area contributed by atoms with Gasteiger partial charge in [0.1, 0.15) is 11.2 Å². The molecule has 10 aromatic rings. The number of furan rings is 1. The van der Waals surface area contributed by atoms with Crippen molar-refractivity contribution in [3.05, 3.63) is 205 Å². The van der Waals surface area contributed by atoms with Gasteiger partial charge in [0.05, 0.1) is 11.4 Å². The lowest BCUT2D eigenvalue weighted by Crippen LogP contribution is -2.16. The number of para-hydroxylation sites is 1. The van der Waals surface area contributed by atoms with Crippen LogP contribution in [-0.2, 0) is 5.41 Å². The molecule has 11 rings (SSSR count). The number of rotatable bonds is 6. The monoisotopic (exact) mass is 742 g/mol. The fourth-order valence-corrected chi connectivity index (χ4v) is 9.01. The Bertz CT molecular complexity index is 3180. The zero-order chi connectivity index (χ0) is 38.8. The highest BCUT2D eigenvalue weighted by Crippen LogP contribution is 2.52. The number of fused-ring (bicyclic) bond motifs is 6. The number of benzene rings is 8. The summed E-state index contributed by atoms with van der Waals surface area (Å²) in [6.07, 6.45) is 0. The summed E-state index contributed by atoms with van der Waals surface area (Å²) in [7, 11) is 0. The highest BCUT2D eigenvalue weighted by atomic mass is 16.3. The Morgan fingerprint density at radius 2 is 0.931 bits per heavy atom. The summed E-state index contributed by atoms with van der Waals surface area (Å²) in [5.41, 5.74) is 18.8. The average Bonchev–Trinajstić information content (AvgIpc) is 3.78. The molecule has 58 heavy (non-hydrogen) atoms. The first kappa shape index (κ1) is 33.9. The van der Waals surface area contributed by atoms with Crippen LogP contribution in [-0.4, -0.2) is 9.97 Å². The molecule has 274 valence electrons. The summed E-state index contributed by atoms with van der Waals surface area (Å²) >= 11 is 0. The maximum Gasteiger partial charge on any atom is 0.160 e. The van der Waals surface area contributed by atoms with Crippen LogP contribution >= 0.6 is 0 Å². The van der Waals surface area contributed by atoms with E-state index in [-0.39, 0.29) is 5.41 Å². The van der Waals surface area contributed by atoms with E-state index in [1.54, 1.807) is 0 Å². The molecule has 2 aromatic heterocycles. The smallest absolute Gasteiger partial charge is 0.160 e. The van der Waals surface area contributed by atoms with Crippen LogP contribution in [0.1, 0.15) is 25.0 Å². The van der Waals surface area contributed by atoms with E-state index in [0.29, 0.717) is 5.82 Å². The van der Waals surface area contributed by atoms with Gasteiger partial charge in [-0.05, 0) is 98.1 Å². The van der Waals surface area contributed by atoms with Gasteiger partial charge in [0.15, 0.2) is 5.82 Å². The summed E-state index contributed by atoms with van der Waals surface area (Å²) < 4.78 is 6.20. The van der Waals surface area contributed by atoms with Gasteiger partial charge in [0, 0.05) is 32.9 Å². The number of hydrogen-bond acceptors (Lipinski definition) is 3. The van der Waals surface area contributed by atoms with Gasteiger partial charge >= 0.3 is 0 Å². The molecule has 0 saturated carbocycles. The molecule has 3 nitrogen and oxygen atoms in total. The highest BCUT2D eigenvalue weighted by Gasteiger charge is 2.37. The van der Waals surface area contributed by atoms with E-state index >= 15 is 0 Å². The largest absolute Gasteiger partial charge is 0.456 e. The molecule has 0 radical (unpaired) electrons. The van der Waals surface area contributed by atoms with Crippen LogP contribution in [0.25, 0.3) is 100 Å². The summed E-state index contributed by atoms with van der Waals surface area (Å²) in [5.74, 6) is 0.690. The standard InChI is InChI=1S/C55H38N2O/c1-55(2)48-22-11-9-18-44(48)46-21-13-20-43(53(46)55)36-24-26-37(27-25-36)49-34-50(57-54(56-49)38-16-7-4-8-17-38)42-31-40(35-14-5-3-6-15-35)30-41(32-42)39-28-29-52-47(33-39)45-19-10-12-23-51(45)58-52/h3-34H,1-2H3. The molecule has 1 aliphatic carbocycles. The predicted octanol–water partition coefficient (Wildman–Crippen LogP) is 14.7. The Balaban J connectivity index is 1.05. The quantitative estimate of drug-likeness (QED) is 0.170. The summed E-state index contributed by atoms with van der Waals surface area (Å²) in [6.45, 7) is 4.69. The van der Waals surface area contributed by atoms with Crippen LogP contribution in [0.15, 0.2) is 199 Å². The van der Waals surface area contributed by atoms with E-state index in [1.807, 2.05) is 30.3 Å². The van der Waals surface area contributed by atoms with Crippen LogP contribution in [0.2, 0.25) is 0 Å². The average molecular weight is 743 g/mol. The second-order valence-electron chi connectivity index (χ2n) is 15.8. The molecule has 8 aromatic carbocycles. The zero-order valence-electron chi connectivity index (χ0n) is 32.3. The van der Waals surface area contributed by atoms with Crippen molar-refractivity contribution in [2.24, 2.45) is 0 Å². The third kappa shape index (κ3) is 5.66. The van der Waals surface area contributed by atoms with E-state index in [9.17, 15) is 0 Å². The number of hydrogen-bond donors (Lipinski definition) is 0. The number of aromatic nitrogens is 2. The van der Waals surface area contributed by atoms with Crippen molar-refractivity contribution in [2.45, 2.75) is 19.3 Å². The van der Waals surface area contributed by atoms with Crippen LogP contribution < -0.4 is 0 Å². The first-order valence-electron chi connectivity index (χ1n) is 19.9. The predicted molar refractivity (Wildman–Crippen MR) is 239 cm³/mol. The van der Waals surface area contributed by atoms with Gasteiger partial charge in [0.2, 0.25) is 0 Å². The molecule has 0 saturated heterocycles. The molecule has 3 heteroatoms. The molecule has 0 bridgehead atoms. The Hall–Kier alpha value is -7.36. The molecule has 1 aliphatic rings. The van der Waals surface area contributed by atoms with Gasteiger partial charge in [-0.15, -0.1) is 0 Å². The fourth-order valence-electron chi connectivity index (χ4n) is 9.01. The first-order chi connectivity index (χ1) is 28.5. The molecular formula is C55H38N2O. The van der Waals surface area contributed by atoms with Crippen molar-refractivity contribution in [2.75, 3.05) is 0 Å². The molecule has 2 heterocycles. The van der Waals surface area contributed by atoms with Crippen molar-refractivity contribution in [3.8, 4) is 78.4 Å². The van der Waals surface area contributed by atoms with E-state index < -0.39 is 0 Å². The van der Waals surface area contributed by atoms with E-state index in [0.717, 1.165) is 72.3 Å². The zero-order valence-corrected chi connectivity index (χ0v) is 32.3. The van der Waals surface area contributed by atoms with Crippen molar-refractivity contribution >= 4 is 21.9 Å². The lowest BCUT2D eigenvalue weighted by molar-refractivity contribution is 0.662. The Morgan fingerprint density at radius 3 is 1.72 bits per heavy atom. The van der Waals surface area contributed by atoms with Gasteiger partial charge in [-0.1, -0.05) is 166 Å². The summed E-state index contributed by atoms with van der Waals surface area (Å²) in [5, 5.41) is 2.22. The maximum absolute atomic E-state index is 6.20. The minimum Gasteiger partial charge on any atom is -0.456 e. The van der Waals surface area contributed by atoms with E-state index in [2.05, 4.69) is 178 Å². The van der Waals surface area contributed by atoms with Crippen LogP contribution in [0.5, 0.6) is 0 Å². The minimum atomic E-state index is -0.0987. The molecule has 0 spiro atoms. The molecule has 0 amide bonds. The lowest BCUT2D eigenvalue weighted by atomic mass is 9.79. The molecule has 0 unspecified atom stereocenters. The third-order valence-corrected chi connectivity index (χ3v) is 11.9. The minimum absolute atomic E-state index is 0.0987. The van der Waals surface area contributed by atoms with Crippen LogP contribution in [0.3, 0.4) is 0 Å².